The van der Waals surface area contributed by atoms with E-state index in [1.807, 2.05) is 6.92 Å². The van der Waals surface area contributed by atoms with Gasteiger partial charge in [-0.25, -0.2) is 4.79 Å². The Balaban J connectivity index is 1.96. The first-order chi connectivity index (χ1) is 7.16. The van der Waals surface area contributed by atoms with Crippen LogP contribution in [0.2, 0.25) is 0 Å². The van der Waals surface area contributed by atoms with Crippen LogP contribution in [-0.2, 0) is 0 Å². The molecule has 1 saturated heterocycles. The van der Waals surface area contributed by atoms with Gasteiger partial charge in [0.05, 0.1) is 0 Å². The molecule has 80 valence electrons. The lowest BCUT2D eigenvalue weighted by Crippen LogP contribution is -2.50. The van der Waals surface area contributed by atoms with Gasteiger partial charge in [0.2, 0.25) is 0 Å². The second-order valence-electron chi connectivity index (χ2n) is 3.77. The minimum absolute atomic E-state index is 0.279. The Labute approximate surface area is 88.6 Å². The van der Waals surface area contributed by atoms with Crippen molar-refractivity contribution in [1.82, 2.24) is 4.90 Å². The van der Waals surface area contributed by atoms with Gasteiger partial charge in [0, 0.05) is 18.3 Å². The lowest BCUT2D eigenvalue weighted by Gasteiger charge is -2.37. The van der Waals surface area contributed by atoms with Crippen molar-refractivity contribution in [3.8, 4) is 5.75 Å². The molecule has 15 heavy (non-hydrogen) atoms. The zero-order valence-electron chi connectivity index (χ0n) is 8.64. The van der Waals surface area contributed by atoms with Crippen molar-refractivity contribution >= 4 is 11.8 Å². The number of ether oxygens (including phenoxy) is 1. The maximum Gasteiger partial charge on any atom is 0.415 e. The highest BCUT2D eigenvalue weighted by Crippen LogP contribution is 2.20. The van der Waals surface area contributed by atoms with Crippen LogP contribution >= 0.6 is 0 Å². The Kier molecular flexibility index (Phi) is 2.49. The van der Waals surface area contributed by atoms with Crippen molar-refractivity contribution in [2.75, 3.05) is 12.3 Å². The number of nitrogens with zero attached hydrogens (tertiary/aromatic N) is 1. The van der Waals surface area contributed by atoms with Crippen LogP contribution in [0.5, 0.6) is 5.75 Å². The van der Waals surface area contributed by atoms with Crippen LogP contribution in [0.4, 0.5) is 10.5 Å². The highest BCUT2D eigenvalue weighted by molar-refractivity contribution is 5.72. The van der Waals surface area contributed by atoms with Gasteiger partial charge in [0.25, 0.3) is 0 Å². The first kappa shape index (κ1) is 9.83. The average molecular weight is 206 g/mol. The Morgan fingerprint density at radius 3 is 2.60 bits per heavy atom. The van der Waals surface area contributed by atoms with Crippen LogP contribution in [0.1, 0.15) is 13.3 Å². The summed E-state index contributed by atoms with van der Waals surface area (Å²) in [5, 5.41) is 0. The number of nitrogen functional groups attached to an aromatic ring is 1. The predicted octanol–water partition coefficient (Wildman–Crippen LogP) is 1.86. The molecule has 1 aliphatic rings. The first-order valence-corrected chi connectivity index (χ1v) is 5.01. The molecule has 1 amide bonds. The second-order valence-corrected chi connectivity index (χ2v) is 3.77. The van der Waals surface area contributed by atoms with Crippen LogP contribution in [0, 0.1) is 0 Å². The lowest BCUT2D eigenvalue weighted by atomic mass is 10.1. The van der Waals surface area contributed by atoms with E-state index in [9.17, 15) is 4.79 Å². The molecule has 2 rings (SSSR count). The first-order valence-electron chi connectivity index (χ1n) is 5.01. The Morgan fingerprint density at radius 1 is 1.47 bits per heavy atom. The molecule has 1 aromatic rings. The number of amides is 1. The number of rotatable bonds is 1. The number of likely N-dealkylation sites (tertiary alicyclic amines) is 1. The number of benzene rings is 1. The summed E-state index contributed by atoms with van der Waals surface area (Å²) >= 11 is 0. The maximum absolute atomic E-state index is 11.6. The molecule has 1 atom stereocenters. The number of hydrogen-bond acceptors (Lipinski definition) is 3. The highest BCUT2D eigenvalue weighted by atomic mass is 16.6. The van der Waals surface area contributed by atoms with Crippen molar-refractivity contribution in [2.45, 2.75) is 19.4 Å². The Hall–Kier alpha value is -1.71. The average Bonchev–Trinajstić information content (AvgIpc) is 2.19. The van der Waals surface area contributed by atoms with E-state index in [1.54, 1.807) is 29.2 Å². The SMILES string of the molecule is CC1CCN1C(=O)Oc1ccc(N)cc1. The summed E-state index contributed by atoms with van der Waals surface area (Å²) in [5.74, 6) is 0.535. The zero-order valence-corrected chi connectivity index (χ0v) is 8.64. The topological polar surface area (TPSA) is 55.6 Å². The summed E-state index contributed by atoms with van der Waals surface area (Å²) < 4.78 is 5.18. The summed E-state index contributed by atoms with van der Waals surface area (Å²) in [4.78, 5) is 13.3. The van der Waals surface area contributed by atoms with Gasteiger partial charge < -0.3 is 15.4 Å². The van der Waals surface area contributed by atoms with E-state index >= 15 is 0 Å². The molecule has 2 N–H and O–H groups in total. The molecule has 0 aliphatic carbocycles. The largest absolute Gasteiger partial charge is 0.415 e. The molecular weight excluding hydrogens is 192 g/mol. The monoisotopic (exact) mass is 206 g/mol. The van der Waals surface area contributed by atoms with E-state index in [1.165, 1.54) is 0 Å². The van der Waals surface area contributed by atoms with Crippen molar-refractivity contribution in [2.24, 2.45) is 0 Å². The van der Waals surface area contributed by atoms with Gasteiger partial charge in [-0.15, -0.1) is 0 Å². The third-order valence-corrected chi connectivity index (χ3v) is 2.64. The van der Waals surface area contributed by atoms with Crippen LogP contribution in [0.3, 0.4) is 0 Å². The maximum atomic E-state index is 11.6. The van der Waals surface area contributed by atoms with E-state index in [0.717, 1.165) is 13.0 Å². The number of carbonyl (C=O) groups is 1. The van der Waals surface area contributed by atoms with Crippen molar-refractivity contribution in [3.63, 3.8) is 0 Å². The van der Waals surface area contributed by atoms with Gasteiger partial charge >= 0.3 is 6.09 Å². The van der Waals surface area contributed by atoms with Crippen LogP contribution in [0.25, 0.3) is 0 Å². The van der Waals surface area contributed by atoms with Gasteiger partial charge in [0.1, 0.15) is 5.75 Å². The van der Waals surface area contributed by atoms with Crippen LogP contribution in [-0.4, -0.2) is 23.6 Å². The fourth-order valence-electron chi connectivity index (χ4n) is 1.48. The quantitative estimate of drug-likeness (QED) is 0.713. The van der Waals surface area contributed by atoms with Crippen molar-refractivity contribution < 1.29 is 9.53 Å². The Bertz CT molecular complexity index is 361. The Morgan fingerprint density at radius 2 is 2.13 bits per heavy atom. The minimum Gasteiger partial charge on any atom is -0.410 e. The van der Waals surface area contributed by atoms with Gasteiger partial charge in [0.15, 0.2) is 0 Å². The molecule has 1 heterocycles. The molecular formula is C11H14N2O2. The minimum atomic E-state index is -0.279. The van der Waals surface area contributed by atoms with Gasteiger partial charge in [-0.1, -0.05) is 0 Å². The van der Waals surface area contributed by atoms with Crippen molar-refractivity contribution in [3.05, 3.63) is 24.3 Å². The third-order valence-electron chi connectivity index (χ3n) is 2.64. The normalized spacial score (nSPS) is 19.5. The van der Waals surface area contributed by atoms with Gasteiger partial charge in [-0.3, -0.25) is 0 Å². The van der Waals surface area contributed by atoms with E-state index < -0.39 is 0 Å². The third kappa shape index (κ3) is 2.03. The molecule has 0 bridgehead atoms. The van der Waals surface area contributed by atoms with Gasteiger partial charge in [-0.2, -0.15) is 0 Å². The molecule has 0 radical (unpaired) electrons. The van der Waals surface area contributed by atoms with E-state index in [4.69, 9.17) is 10.5 Å². The van der Waals surface area contributed by atoms with Crippen LogP contribution in [0.15, 0.2) is 24.3 Å². The number of anilines is 1. The van der Waals surface area contributed by atoms with E-state index in [0.29, 0.717) is 17.5 Å². The summed E-state index contributed by atoms with van der Waals surface area (Å²) in [6.45, 7) is 2.79. The molecule has 4 heteroatoms. The van der Waals surface area contributed by atoms with Gasteiger partial charge in [-0.05, 0) is 37.6 Å². The highest BCUT2D eigenvalue weighted by Gasteiger charge is 2.29. The second kappa shape index (κ2) is 3.81. The van der Waals surface area contributed by atoms with Crippen molar-refractivity contribution in [1.29, 1.82) is 0 Å². The fourth-order valence-corrected chi connectivity index (χ4v) is 1.48. The van der Waals surface area contributed by atoms with Crippen LogP contribution < -0.4 is 10.5 Å². The predicted molar refractivity (Wildman–Crippen MR) is 57.7 cm³/mol. The molecule has 1 fully saturated rings. The lowest BCUT2D eigenvalue weighted by molar-refractivity contribution is 0.0894. The standard InChI is InChI=1S/C11H14N2O2/c1-8-6-7-13(8)11(14)15-10-4-2-9(12)3-5-10/h2-5,8H,6-7,12H2,1H3. The molecule has 1 aliphatic heterocycles. The summed E-state index contributed by atoms with van der Waals surface area (Å²) in [5.41, 5.74) is 6.19. The van der Waals surface area contributed by atoms with E-state index in [2.05, 4.69) is 0 Å². The summed E-state index contributed by atoms with van der Waals surface area (Å²) in [6, 6.07) is 7.10. The molecule has 1 unspecified atom stereocenters. The summed E-state index contributed by atoms with van der Waals surface area (Å²) in [6.07, 6.45) is 0.773. The molecule has 1 aromatic carbocycles. The van der Waals surface area contributed by atoms with E-state index in [-0.39, 0.29) is 6.09 Å². The molecule has 4 nitrogen and oxygen atoms in total. The number of hydrogen-bond donors (Lipinski definition) is 1. The summed E-state index contributed by atoms with van der Waals surface area (Å²) in [7, 11) is 0. The molecule has 0 aromatic heterocycles. The fraction of sp³-hybridized carbons (Fsp3) is 0.364. The smallest absolute Gasteiger partial charge is 0.410 e. The zero-order chi connectivity index (χ0) is 10.8. The number of nitrogens with two attached hydrogens (primary N) is 1. The number of carbonyl (C=O) groups excluding carboxylic acids is 1. The molecule has 0 saturated carbocycles. The molecule has 0 spiro atoms.